The summed E-state index contributed by atoms with van der Waals surface area (Å²) in [5.41, 5.74) is 0.0938. The molecule has 0 saturated carbocycles. The Balaban J connectivity index is 2.41. The molecule has 0 aromatic rings. The predicted octanol–water partition coefficient (Wildman–Crippen LogP) is 1.17. The fourth-order valence-corrected chi connectivity index (χ4v) is 1.15. The first kappa shape index (κ1) is 8.02. The van der Waals surface area contributed by atoms with Gasteiger partial charge in [0.05, 0.1) is 5.60 Å². The van der Waals surface area contributed by atoms with Crippen LogP contribution < -0.4 is 5.32 Å². The van der Waals surface area contributed by atoms with Crippen LogP contribution >= 0.6 is 0 Å². The summed E-state index contributed by atoms with van der Waals surface area (Å²) >= 11 is 0. The molecule has 1 heterocycles. The monoisotopic (exact) mass is 143 g/mol. The molecule has 1 aliphatic rings. The van der Waals surface area contributed by atoms with Crippen LogP contribution in [0.5, 0.6) is 0 Å². The van der Waals surface area contributed by atoms with Gasteiger partial charge >= 0.3 is 0 Å². The summed E-state index contributed by atoms with van der Waals surface area (Å²) in [5, 5.41) is 3.36. The Hall–Kier alpha value is -0.0800. The van der Waals surface area contributed by atoms with Gasteiger partial charge < -0.3 is 10.1 Å². The Kier molecular flexibility index (Phi) is 2.69. The minimum atomic E-state index is 0.0938. The Bertz CT molecular complexity index is 95.4. The Morgan fingerprint density at radius 1 is 1.60 bits per heavy atom. The zero-order chi connectivity index (χ0) is 7.45. The molecule has 0 radical (unpaired) electrons. The number of rotatable bonds is 1. The molecule has 2 nitrogen and oxygen atoms in total. The van der Waals surface area contributed by atoms with E-state index in [4.69, 9.17) is 4.74 Å². The van der Waals surface area contributed by atoms with E-state index in [1.54, 1.807) is 0 Å². The summed E-state index contributed by atoms with van der Waals surface area (Å²) < 4.78 is 5.68. The molecule has 0 aromatic carbocycles. The quantitative estimate of drug-likeness (QED) is 0.595. The Morgan fingerprint density at radius 3 is 3.10 bits per heavy atom. The SMILES string of the molecule is CCC1(C)CNCCCO1. The van der Waals surface area contributed by atoms with Crippen molar-refractivity contribution in [3.63, 3.8) is 0 Å². The molecular weight excluding hydrogens is 126 g/mol. The van der Waals surface area contributed by atoms with E-state index in [0.717, 1.165) is 32.5 Å². The highest BCUT2D eigenvalue weighted by atomic mass is 16.5. The lowest BCUT2D eigenvalue weighted by atomic mass is 10.0. The number of hydrogen-bond acceptors (Lipinski definition) is 2. The maximum Gasteiger partial charge on any atom is 0.0775 e. The van der Waals surface area contributed by atoms with Crippen molar-refractivity contribution in [1.29, 1.82) is 0 Å². The molecule has 10 heavy (non-hydrogen) atoms. The van der Waals surface area contributed by atoms with Crippen LogP contribution in [0.4, 0.5) is 0 Å². The topological polar surface area (TPSA) is 21.3 Å². The van der Waals surface area contributed by atoms with Crippen molar-refractivity contribution in [2.24, 2.45) is 0 Å². The highest BCUT2D eigenvalue weighted by molar-refractivity contribution is 4.78. The van der Waals surface area contributed by atoms with Gasteiger partial charge in [-0.25, -0.2) is 0 Å². The van der Waals surface area contributed by atoms with Gasteiger partial charge in [0, 0.05) is 13.2 Å². The fraction of sp³-hybridized carbons (Fsp3) is 1.00. The van der Waals surface area contributed by atoms with Crippen molar-refractivity contribution in [3.05, 3.63) is 0 Å². The molecule has 1 N–H and O–H groups in total. The first-order valence-electron chi connectivity index (χ1n) is 4.11. The maximum absolute atomic E-state index is 5.68. The van der Waals surface area contributed by atoms with Gasteiger partial charge in [0.2, 0.25) is 0 Å². The van der Waals surface area contributed by atoms with E-state index in [0.29, 0.717) is 0 Å². The highest BCUT2D eigenvalue weighted by Crippen LogP contribution is 2.15. The fourth-order valence-electron chi connectivity index (χ4n) is 1.15. The van der Waals surface area contributed by atoms with Gasteiger partial charge in [-0.2, -0.15) is 0 Å². The number of hydrogen-bond donors (Lipinski definition) is 1. The average Bonchev–Trinajstić information content (AvgIpc) is 2.15. The van der Waals surface area contributed by atoms with Crippen molar-refractivity contribution in [1.82, 2.24) is 5.32 Å². The molecule has 1 aliphatic heterocycles. The van der Waals surface area contributed by atoms with Gasteiger partial charge in [-0.05, 0) is 26.3 Å². The van der Waals surface area contributed by atoms with Crippen molar-refractivity contribution >= 4 is 0 Å². The van der Waals surface area contributed by atoms with E-state index in [1.807, 2.05) is 0 Å². The van der Waals surface area contributed by atoms with Gasteiger partial charge in [0.1, 0.15) is 0 Å². The van der Waals surface area contributed by atoms with Gasteiger partial charge in [-0.1, -0.05) is 6.92 Å². The van der Waals surface area contributed by atoms with Crippen LogP contribution in [0.2, 0.25) is 0 Å². The zero-order valence-corrected chi connectivity index (χ0v) is 6.94. The van der Waals surface area contributed by atoms with E-state index >= 15 is 0 Å². The summed E-state index contributed by atoms with van der Waals surface area (Å²) in [5.74, 6) is 0. The van der Waals surface area contributed by atoms with Gasteiger partial charge in [0.25, 0.3) is 0 Å². The summed E-state index contributed by atoms with van der Waals surface area (Å²) in [4.78, 5) is 0. The van der Waals surface area contributed by atoms with Crippen molar-refractivity contribution in [2.75, 3.05) is 19.7 Å². The third kappa shape index (κ3) is 1.96. The smallest absolute Gasteiger partial charge is 0.0775 e. The molecular formula is C8H17NO. The second-order valence-corrected chi connectivity index (χ2v) is 3.18. The minimum Gasteiger partial charge on any atom is -0.374 e. The molecule has 0 aliphatic carbocycles. The minimum absolute atomic E-state index is 0.0938. The van der Waals surface area contributed by atoms with Gasteiger partial charge in [-0.15, -0.1) is 0 Å². The number of nitrogens with one attached hydrogen (secondary N) is 1. The van der Waals surface area contributed by atoms with Crippen LogP contribution in [0, 0.1) is 0 Å². The largest absolute Gasteiger partial charge is 0.374 e. The van der Waals surface area contributed by atoms with Gasteiger partial charge in [-0.3, -0.25) is 0 Å². The molecule has 0 aromatic heterocycles. The highest BCUT2D eigenvalue weighted by Gasteiger charge is 2.23. The third-order valence-electron chi connectivity index (χ3n) is 2.20. The first-order valence-corrected chi connectivity index (χ1v) is 4.11. The second-order valence-electron chi connectivity index (χ2n) is 3.18. The molecule has 2 heteroatoms. The first-order chi connectivity index (χ1) is 4.77. The predicted molar refractivity (Wildman–Crippen MR) is 42.1 cm³/mol. The molecule has 1 atom stereocenters. The van der Waals surface area contributed by atoms with Crippen LogP contribution in [-0.4, -0.2) is 25.3 Å². The lowest BCUT2D eigenvalue weighted by Crippen LogP contribution is -2.37. The summed E-state index contributed by atoms with van der Waals surface area (Å²) in [6.45, 7) is 7.37. The molecule has 0 bridgehead atoms. The Labute approximate surface area is 63.0 Å². The summed E-state index contributed by atoms with van der Waals surface area (Å²) in [6.07, 6.45) is 2.25. The molecule has 1 rings (SSSR count). The van der Waals surface area contributed by atoms with Gasteiger partial charge in [0.15, 0.2) is 0 Å². The van der Waals surface area contributed by atoms with Crippen LogP contribution in [0.15, 0.2) is 0 Å². The zero-order valence-electron chi connectivity index (χ0n) is 6.94. The van der Waals surface area contributed by atoms with Crippen LogP contribution in [0.1, 0.15) is 26.7 Å². The summed E-state index contributed by atoms with van der Waals surface area (Å²) in [7, 11) is 0. The van der Waals surface area contributed by atoms with Crippen molar-refractivity contribution in [3.8, 4) is 0 Å². The lowest BCUT2D eigenvalue weighted by molar-refractivity contribution is -0.0212. The molecule has 1 unspecified atom stereocenters. The normalized spacial score (nSPS) is 35.4. The van der Waals surface area contributed by atoms with E-state index in [-0.39, 0.29) is 5.60 Å². The van der Waals surface area contributed by atoms with E-state index in [1.165, 1.54) is 0 Å². The molecule has 0 spiro atoms. The van der Waals surface area contributed by atoms with Crippen LogP contribution in [0.25, 0.3) is 0 Å². The number of ether oxygens (including phenoxy) is 1. The molecule has 1 saturated heterocycles. The van der Waals surface area contributed by atoms with Crippen LogP contribution in [0.3, 0.4) is 0 Å². The van der Waals surface area contributed by atoms with E-state index < -0.39 is 0 Å². The molecule has 1 fully saturated rings. The molecule has 0 amide bonds. The maximum atomic E-state index is 5.68. The third-order valence-corrected chi connectivity index (χ3v) is 2.20. The van der Waals surface area contributed by atoms with Crippen molar-refractivity contribution < 1.29 is 4.74 Å². The van der Waals surface area contributed by atoms with Crippen LogP contribution in [-0.2, 0) is 4.74 Å². The second kappa shape index (κ2) is 3.35. The van der Waals surface area contributed by atoms with Crippen molar-refractivity contribution in [2.45, 2.75) is 32.3 Å². The lowest BCUT2D eigenvalue weighted by Gasteiger charge is -2.26. The standard InChI is InChI=1S/C8H17NO/c1-3-8(2)7-9-5-4-6-10-8/h9H,3-7H2,1-2H3. The summed E-state index contributed by atoms with van der Waals surface area (Å²) in [6, 6.07) is 0. The molecule has 60 valence electrons. The van der Waals surface area contributed by atoms with E-state index in [9.17, 15) is 0 Å². The Morgan fingerprint density at radius 2 is 2.40 bits per heavy atom. The van der Waals surface area contributed by atoms with E-state index in [2.05, 4.69) is 19.2 Å². The average molecular weight is 143 g/mol.